The van der Waals surface area contributed by atoms with Gasteiger partial charge in [0.25, 0.3) is 0 Å². The predicted octanol–water partition coefficient (Wildman–Crippen LogP) is 4.71. The van der Waals surface area contributed by atoms with E-state index in [-0.39, 0.29) is 8.41 Å². The van der Waals surface area contributed by atoms with Crippen LogP contribution in [0, 0.1) is 0 Å². The van der Waals surface area contributed by atoms with E-state index in [1.807, 2.05) is 72.8 Å². The van der Waals surface area contributed by atoms with Gasteiger partial charge < -0.3 is 10.2 Å². The topological polar surface area (TPSA) is 40.5 Å². The summed E-state index contributed by atoms with van der Waals surface area (Å²) in [4.78, 5) is 0. The van der Waals surface area contributed by atoms with Crippen molar-refractivity contribution in [3.05, 3.63) is 84.9 Å². The van der Waals surface area contributed by atoms with Gasteiger partial charge in [0.1, 0.15) is 11.5 Å². The molecule has 0 aromatic heterocycles. The molecule has 0 aliphatic heterocycles. The van der Waals surface area contributed by atoms with Crippen molar-refractivity contribution < 1.29 is 10.2 Å². The third kappa shape index (κ3) is 3.64. The van der Waals surface area contributed by atoms with Crippen LogP contribution in [-0.4, -0.2) is 18.6 Å². The Bertz CT molecular complexity index is 831. The van der Waals surface area contributed by atoms with Gasteiger partial charge in [0.2, 0.25) is 0 Å². The highest BCUT2D eigenvalue weighted by Crippen LogP contribution is 2.23. The van der Waals surface area contributed by atoms with E-state index in [9.17, 15) is 10.2 Å². The molecule has 0 aliphatic rings. The summed E-state index contributed by atoms with van der Waals surface area (Å²) in [6, 6.07) is 26.6. The summed E-state index contributed by atoms with van der Waals surface area (Å²) in [7, 11) is 0. The van der Waals surface area contributed by atoms with Gasteiger partial charge in [-0.25, -0.2) is 0 Å². The van der Waals surface area contributed by atoms with Crippen LogP contribution in [0.1, 0.15) is 0 Å². The van der Waals surface area contributed by atoms with Crippen LogP contribution in [0.25, 0.3) is 21.5 Å². The van der Waals surface area contributed by atoms with Gasteiger partial charge in [-0.15, -0.1) is 0 Å². The third-order valence-electron chi connectivity index (χ3n) is 3.53. The van der Waals surface area contributed by atoms with Crippen molar-refractivity contribution >= 4 is 30.0 Å². The Hall–Kier alpha value is -2.94. The van der Waals surface area contributed by atoms with Crippen LogP contribution in [-0.2, 0) is 0 Å². The van der Waals surface area contributed by atoms with Crippen molar-refractivity contribution in [1.29, 1.82) is 0 Å². The molecule has 2 N–H and O–H groups in total. The quantitative estimate of drug-likeness (QED) is 0.462. The fourth-order valence-electron chi connectivity index (χ4n) is 2.42. The van der Waals surface area contributed by atoms with Crippen LogP contribution in [0.5, 0.6) is 11.5 Å². The molecule has 0 bridgehead atoms. The maximum absolute atomic E-state index is 9.37. The Kier molecular flexibility index (Phi) is 5.26. The van der Waals surface area contributed by atoms with Gasteiger partial charge in [0, 0.05) is 19.2 Å². The van der Waals surface area contributed by atoms with Crippen molar-refractivity contribution in [2.45, 2.75) is 0 Å². The summed E-state index contributed by atoms with van der Waals surface area (Å²) >= 11 is 0. The second-order valence-corrected chi connectivity index (χ2v) is 5.00. The Morgan fingerprint density at radius 3 is 1.17 bits per heavy atom. The Morgan fingerprint density at radius 2 is 0.783 bits per heavy atom. The first-order chi connectivity index (χ1) is 10.8. The summed E-state index contributed by atoms with van der Waals surface area (Å²) in [5.41, 5.74) is 0. The zero-order valence-corrected chi connectivity index (χ0v) is 12.6. The summed E-state index contributed by atoms with van der Waals surface area (Å²) in [5.74, 6) is 0.700. The Balaban J connectivity index is 0.000000160. The molecule has 0 amide bonds. The molecule has 0 aliphatic carbocycles. The molecular weight excluding hydrogens is 283 g/mol. The average Bonchev–Trinajstić information content (AvgIpc) is 2.57. The number of hydrogen-bond acceptors (Lipinski definition) is 2. The molecule has 4 rings (SSSR count). The molecule has 4 aromatic rings. The number of phenolic OH excluding ortho intramolecular Hbond substituents is 2. The summed E-state index contributed by atoms with van der Waals surface area (Å²) in [6.45, 7) is 0. The first-order valence-electron chi connectivity index (χ1n) is 7.09. The van der Waals surface area contributed by atoms with Gasteiger partial charge in [0.15, 0.2) is 0 Å². The monoisotopic (exact) mass is 299 g/mol. The molecule has 3 heteroatoms. The SMILES string of the molecule is Oc1cccc2ccccc12.Oc1cccc2ccccc12.[B]. The fraction of sp³-hybridized carbons (Fsp3) is 0. The van der Waals surface area contributed by atoms with Crippen LogP contribution >= 0.6 is 0 Å². The fourth-order valence-corrected chi connectivity index (χ4v) is 2.42. The first-order valence-corrected chi connectivity index (χ1v) is 7.09. The zero-order valence-electron chi connectivity index (χ0n) is 12.6. The number of aromatic hydroxyl groups is 2. The van der Waals surface area contributed by atoms with E-state index in [4.69, 9.17) is 0 Å². The lowest BCUT2D eigenvalue weighted by Crippen LogP contribution is -1.70. The molecule has 0 fully saturated rings. The van der Waals surface area contributed by atoms with Gasteiger partial charge in [-0.3, -0.25) is 0 Å². The van der Waals surface area contributed by atoms with Gasteiger partial charge >= 0.3 is 0 Å². The van der Waals surface area contributed by atoms with Crippen LogP contribution in [0.2, 0.25) is 0 Å². The smallest absolute Gasteiger partial charge is 0.123 e. The number of phenols is 2. The molecule has 0 heterocycles. The maximum Gasteiger partial charge on any atom is 0.123 e. The van der Waals surface area contributed by atoms with Gasteiger partial charge in [0.05, 0.1) is 0 Å². The Morgan fingerprint density at radius 1 is 0.435 bits per heavy atom. The van der Waals surface area contributed by atoms with Crippen molar-refractivity contribution in [2.24, 2.45) is 0 Å². The van der Waals surface area contributed by atoms with Gasteiger partial charge in [-0.2, -0.15) is 0 Å². The summed E-state index contributed by atoms with van der Waals surface area (Å²) < 4.78 is 0. The highest BCUT2D eigenvalue weighted by atomic mass is 16.3. The number of rotatable bonds is 0. The second kappa shape index (κ2) is 7.36. The molecule has 0 saturated heterocycles. The van der Waals surface area contributed by atoms with Crippen molar-refractivity contribution in [2.75, 3.05) is 0 Å². The predicted molar refractivity (Wildman–Crippen MR) is 97.0 cm³/mol. The minimum Gasteiger partial charge on any atom is -0.507 e. The molecule has 23 heavy (non-hydrogen) atoms. The minimum atomic E-state index is 0. The van der Waals surface area contributed by atoms with Crippen LogP contribution in [0.4, 0.5) is 0 Å². The zero-order chi connectivity index (χ0) is 15.4. The highest BCUT2D eigenvalue weighted by Gasteiger charge is 1.95. The van der Waals surface area contributed by atoms with Crippen LogP contribution in [0.3, 0.4) is 0 Å². The number of benzene rings is 4. The third-order valence-corrected chi connectivity index (χ3v) is 3.53. The molecule has 0 atom stereocenters. The van der Waals surface area contributed by atoms with E-state index >= 15 is 0 Å². The van der Waals surface area contributed by atoms with E-state index in [1.54, 1.807) is 12.1 Å². The van der Waals surface area contributed by atoms with E-state index in [2.05, 4.69) is 0 Å². The van der Waals surface area contributed by atoms with Crippen molar-refractivity contribution in [3.63, 3.8) is 0 Å². The average molecular weight is 299 g/mol. The largest absolute Gasteiger partial charge is 0.507 e. The molecule has 0 saturated carbocycles. The minimum absolute atomic E-state index is 0. The van der Waals surface area contributed by atoms with Crippen molar-refractivity contribution in [1.82, 2.24) is 0 Å². The lowest BCUT2D eigenvalue weighted by molar-refractivity contribution is 0.481. The van der Waals surface area contributed by atoms with Gasteiger partial charge in [-0.05, 0) is 22.9 Å². The Labute approximate surface area is 137 Å². The van der Waals surface area contributed by atoms with Crippen LogP contribution in [0.15, 0.2) is 84.9 Å². The summed E-state index contributed by atoms with van der Waals surface area (Å²) in [6.07, 6.45) is 0. The molecular formula is C20H16BO2. The standard InChI is InChI=1S/2C10H8O.B/c2*11-10-7-3-5-8-4-1-2-6-9(8)10;/h2*1-7,11H;. The van der Waals surface area contributed by atoms with Crippen molar-refractivity contribution in [3.8, 4) is 11.5 Å². The van der Waals surface area contributed by atoms with Crippen LogP contribution < -0.4 is 0 Å². The van der Waals surface area contributed by atoms with E-state index in [1.165, 1.54) is 0 Å². The molecule has 3 radical (unpaired) electrons. The maximum atomic E-state index is 9.37. The molecule has 0 unspecified atom stereocenters. The molecule has 2 nitrogen and oxygen atoms in total. The normalized spacial score (nSPS) is 9.74. The number of fused-ring (bicyclic) bond motifs is 2. The van der Waals surface area contributed by atoms with Gasteiger partial charge in [-0.1, -0.05) is 72.8 Å². The lowest BCUT2D eigenvalue weighted by atomic mass is 10.1. The first kappa shape index (κ1) is 16.4. The summed E-state index contributed by atoms with van der Waals surface area (Å²) in [5, 5.41) is 22.7. The molecule has 0 spiro atoms. The van der Waals surface area contributed by atoms with E-state index in [0.29, 0.717) is 11.5 Å². The van der Waals surface area contributed by atoms with E-state index in [0.717, 1.165) is 21.5 Å². The van der Waals surface area contributed by atoms with E-state index < -0.39 is 0 Å². The highest BCUT2D eigenvalue weighted by molar-refractivity contribution is 5.88. The molecule has 4 aromatic carbocycles. The molecule has 111 valence electrons. The second-order valence-electron chi connectivity index (χ2n) is 5.00. The lowest BCUT2D eigenvalue weighted by Gasteiger charge is -1.97. The number of hydrogen-bond donors (Lipinski definition) is 2.